The second kappa shape index (κ2) is 7.40. The van der Waals surface area contributed by atoms with Crippen LogP contribution in [0.25, 0.3) is 0 Å². The van der Waals surface area contributed by atoms with Gasteiger partial charge in [-0.15, -0.1) is 12.4 Å². The largest absolute Gasteiger partial charge is 0.489 e. The van der Waals surface area contributed by atoms with E-state index in [1.54, 1.807) is 18.2 Å². The molecule has 2 rings (SSSR count). The van der Waals surface area contributed by atoms with Crippen LogP contribution in [0.15, 0.2) is 48.5 Å². The van der Waals surface area contributed by atoms with Crippen molar-refractivity contribution in [2.75, 3.05) is 12.8 Å². The Morgan fingerprint density at radius 2 is 1.85 bits per heavy atom. The fourth-order valence-electron chi connectivity index (χ4n) is 1.68. The monoisotopic (exact) mass is 293 g/mol. The standard InChI is InChI=1S/C15H15NO3.ClH/c1-18-15(17)13-8-7-11(9-14(13)16)10-19-12-5-3-2-4-6-12;/h2-9H,10,16H2,1H3;1H. The molecule has 0 fully saturated rings. The molecule has 0 aliphatic carbocycles. The lowest BCUT2D eigenvalue weighted by atomic mass is 10.1. The van der Waals surface area contributed by atoms with Crippen LogP contribution in [0.2, 0.25) is 0 Å². The molecule has 106 valence electrons. The Labute approximate surface area is 123 Å². The maximum atomic E-state index is 11.4. The van der Waals surface area contributed by atoms with Crippen molar-refractivity contribution in [1.29, 1.82) is 0 Å². The Balaban J connectivity index is 0.00000200. The zero-order chi connectivity index (χ0) is 13.7. The fourth-order valence-corrected chi connectivity index (χ4v) is 1.68. The van der Waals surface area contributed by atoms with E-state index in [-0.39, 0.29) is 12.4 Å². The Hall–Kier alpha value is -2.20. The number of hydrogen-bond donors (Lipinski definition) is 1. The number of carbonyl (C=O) groups is 1. The van der Waals surface area contributed by atoms with Gasteiger partial charge < -0.3 is 15.2 Å². The highest BCUT2D eigenvalue weighted by atomic mass is 35.5. The summed E-state index contributed by atoms with van der Waals surface area (Å²) in [5, 5.41) is 0. The zero-order valence-electron chi connectivity index (χ0n) is 11.0. The highest BCUT2D eigenvalue weighted by molar-refractivity contribution is 5.95. The summed E-state index contributed by atoms with van der Waals surface area (Å²) >= 11 is 0. The van der Waals surface area contributed by atoms with Crippen LogP contribution >= 0.6 is 12.4 Å². The number of benzene rings is 2. The van der Waals surface area contributed by atoms with Crippen molar-refractivity contribution in [3.8, 4) is 5.75 Å². The third-order valence-electron chi connectivity index (χ3n) is 2.67. The van der Waals surface area contributed by atoms with Crippen molar-refractivity contribution < 1.29 is 14.3 Å². The van der Waals surface area contributed by atoms with Crippen LogP contribution in [0.1, 0.15) is 15.9 Å². The highest BCUT2D eigenvalue weighted by Crippen LogP contribution is 2.17. The third-order valence-corrected chi connectivity index (χ3v) is 2.67. The molecule has 2 aromatic rings. The van der Waals surface area contributed by atoms with Gasteiger partial charge in [0.2, 0.25) is 0 Å². The van der Waals surface area contributed by atoms with Gasteiger partial charge in [-0.2, -0.15) is 0 Å². The first kappa shape index (κ1) is 15.9. The Kier molecular flexibility index (Phi) is 5.87. The summed E-state index contributed by atoms with van der Waals surface area (Å²) in [6.45, 7) is 0.398. The molecule has 0 unspecified atom stereocenters. The minimum atomic E-state index is -0.437. The molecule has 0 saturated heterocycles. The normalized spacial score (nSPS) is 9.45. The van der Waals surface area contributed by atoms with Crippen molar-refractivity contribution in [3.05, 3.63) is 59.7 Å². The number of anilines is 1. The van der Waals surface area contributed by atoms with Crippen molar-refractivity contribution in [3.63, 3.8) is 0 Å². The van der Waals surface area contributed by atoms with Gasteiger partial charge in [-0.05, 0) is 29.8 Å². The van der Waals surface area contributed by atoms with Gasteiger partial charge in [0, 0.05) is 5.69 Å². The van der Waals surface area contributed by atoms with Crippen molar-refractivity contribution in [1.82, 2.24) is 0 Å². The smallest absolute Gasteiger partial charge is 0.339 e. The summed E-state index contributed by atoms with van der Waals surface area (Å²) in [4.78, 5) is 11.4. The molecule has 0 saturated carbocycles. The first-order valence-electron chi connectivity index (χ1n) is 5.85. The Morgan fingerprint density at radius 3 is 2.45 bits per heavy atom. The number of ether oxygens (including phenoxy) is 2. The van der Waals surface area contributed by atoms with Crippen LogP contribution in [-0.4, -0.2) is 13.1 Å². The van der Waals surface area contributed by atoms with E-state index in [1.165, 1.54) is 7.11 Å². The molecule has 0 aromatic heterocycles. The van der Waals surface area contributed by atoms with Crippen molar-refractivity contribution >= 4 is 24.1 Å². The van der Waals surface area contributed by atoms with Crippen LogP contribution in [0.3, 0.4) is 0 Å². The van der Waals surface area contributed by atoms with Gasteiger partial charge in [0.25, 0.3) is 0 Å². The minimum absolute atomic E-state index is 0. The molecule has 0 spiro atoms. The quantitative estimate of drug-likeness (QED) is 0.695. The van der Waals surface area contributed by atoms with Crippen LogP contribution in [0.4, 0.5) is 5.69 Å². The molecule has 0 aliphatic rings. The van der Waals surface area contributed by atoms with Crippen LogP contribution in [0, 0.1) is 0 Å². The molecule has 20 heavy (non-hydrogen) atoms. The molecule has 0 radical (unpaired) electrons. The van der Waals surface area contributed by atoms with E-state index in [0.29, 0.717) is 17.9 Å². The summed E-state index contributed by atoms with van der Waals surface area (Å²) in [5.74, 6) is 0.353. The number of methoxy groups -OCH3 is 1. The summed E-state index contributed by atoms with van der Waals surface area (Å²) in [5.41, 5.74) is 7.46. The van der Waals surface area contributed by atoms with E-state index in [1.807, 2.05) is 30.3 Å². The molecule has 0 amide bonds. The number of halogens is 1. The molecule has 5 heteroatoms. The van der Waals surface area contributed by atoms with Crippen molar-refractivity contribution in [2.24, 2.45) is 0 Å². The summed E-state index contributed by atoms with van der Waals surface area (Å²) < 4.78 is 10.2. The van der Waals surface area contributed by atoms with Gasteiger partial charge in [-0.25, -0.2) is 4.79 Å². The van der Waals surface area contributed by atoms with Gasteiger partial charge >= 0.3 is 5.97 Å². The number of rotatable bonds is 4. The second-order valence-electron chi connectivity index (χ2n) is 4.01. The van der Waals surface area contributed by atoms with Gasteiger partial charge in [0.05, 0.1) is 12.7 Å². The number of hydrogen-bond acceptors (Lipinski definition) is 4. The number of nitrogen functional groups attached to an aromatic ring is 1. The number of nitrogens with two attached hydrogens (primary N) is 1. The minimum Gasteiger partial charge on any atom is -0.489 e. The van der Waals surface area contributed by atoms with E-state index in [0.717, 1.165) is 11.3 Å². The average molecular weight is 294 g/mol. The molecule has 0 atom stereocenters. The summed E-state index contributed by atoms with van der Waals surface area (Å²) in [6.07, 6.45) is 0. The van der Waals surface area contributed by atoms with Gasteiger partial charge in [0.1, 0.15) is 12.4 Å². The van der Waals surface area contributed by atoms with Gasteiger partial charge in [-0.1, -0.05) is 24.3 Å². The lowest BCUT2D eigenvalue weighted by molar-refractivity contribution is 0.0602. The number of para-hydroxylation sites is 1. The first-order chi connectivity index (χ1) is 9.20. The predicted octanol–water partition coefficient (Wildman–Crippen LogP) is 3.06. The van der Waals surface area contributed by atoms with Gasteiger partial charge in [-0.3, -0.25) is 0 Å². The molecule has 0 bridgehead atoms. The predicted molar refractivity (Wildman–Crippen MR) is 80.2 cm³/mol. The fraction of sp³-hybridized carbons (Fsp3) is 0.133. The highest BCUT2D eigenvalue weighted by Gasteiger charge is 2.10. The first-order valence-corrected chi connectivity index (χ1v) is 5.85. The molecule has 0 heterocycles. The summed E-state index contributed by atoms with van der Waals surface area (Å²) in [6, 6.07) is 14.7. The molecular weight excluding hydrogens is 278 g/mol. The van der Waals surface area contributed by atoms with Crippen LogP contribution < -0.4 is 10.5 Å². The molecule has 2 N–H and O–H groups in total. The van der Waals surface area contributed by atoms with Crippen molar-refractivity contribution in [2.45, 2.75) is 6.61 Å². The van der Waals surface area contributed by atoms with E-state index in [4.69, 9.17) is 10.5 Å². The van der Waals surface area contributed by atoms with E-state index in [2.05, 4.69) is 4.74 Å². The van der Waals surface area contributed by atoms with E-state index >= 15 is 0 Å². The van der Waals surface area contributed by atoms with E-state index < -0.39 is 5.97 Å². The third kappa shape index (κ3) is 3.90. The molecule has 0 aliphatic heterocycles. The van der Waals surface area contributed by atoms with Gasteiger partial charge in [0.15, 0.2) is 0 Å². The SMILES string of the molecule is COC(=O)c1ccc(COc2ccccc2)cc1N.Cl. The molecular formula is C15H16ClNO3. The lowest BCUT2D eigenvalue weighted by Crippen LogP contribution is -2.06. The number of carbonyl (C=O) groups excluding carboxylic acids is 1. The second-order valence-corrected chi connectivity index (χ2v) is 4.01. The lowest BCUT2D eigenvalue weighted by Gasteiger charge is -2.08. The maximum Gasteiger partial charge on any atom is 0.339 e. The van der Waals surface area contributed by atoms with Crippen LogP contribution in [-0.2, 0) is 11.3 Å². The Morgan fingerprint density at radius 1 is 1.15 bits per heavy atom. The van der Waals surface area contributed by atoms with Crippen LogP contribution in [0.5, 0.6) is 5.75 Å². The topological polar surface area (TPSA) is 61.5 Å². The number of esters is 1. The maximum absolute atomic E-state index is 11.4. The zero-order valence-corrected chi connectivity index (χ0v) is 11.9. The Bertz CT molecular complexity index is 573. The molecule has 2 aromatic carbocycles. The average Bonchev–Trinajstić information content (AvgIpc) is 2.45. The molecule has 4 nitrogen and oxygen atoms in total. The summed E-state index contributed by atoms with van der Waals surface area (Å²) in [7, 11) is 1.33. The van der Waals surface area contributed by atoms with E-state index in [9.17, 15) is 4.79 Å².